The predicted molar refractivity (Wildman–Crippen MR) is 146 cm³/mol. The lowest BCUT2D eigenvalue weighted by molar-refractivity contribution is -0.208. The van der Waals surface area contributed by atoms with Gasteiger partial charge in [0, 0.05) is 56.9 Å². The molecule has 5 fully saturated rings. The molecule has 6 aliphatic rings. The first-order valence-electron chi connectivity index (χ1n) is 15.4. The monoisotopic (exact) mass is 558 g/mol. The number of cyclic esters (lactones) is 1. The lowest BCUT2D eigenvalue weighted by Gasteiger charge is -2.63. The standard InChI is InChI=1S/C31H46N2O7/c1-19(34)39-25-17-31(37)24-6-5-21-16-22(40-28(36)33-13-11-32(4)12-14-33)7-9-29(21,2)23(24)8-10-30(31,3)27(25)20-15-26(35)38-18-20/h15,21-25,27,37H,5-14,16-18H2,1-4H3/t21-,22+,23+,24-,25+,27+,29+,30-,31+/m1/s1. The number of aliphatic hydroxyl groups is 1. The number of likely N-dealkylation sites (N-methyl/N-ethyl adjacent to an activating group) is 1. The van der Waals surface area contributed by atoms with E-state index >= 15 is 0 Å². The third kappa shape index (κ3) is 4.37. The molecule has 222 valence electrons. The van der Waals surface area contributed by atoms with Crippen molar-refractivity contribution < 1.29 is 33.7 Å². The van der Waals surface area contributed by atoms with Crippen LogP contribution in [-0.4, -0.2) is 90.6 Å². The molecule has 0 bridgehead atoms. The van der Waals surface area contributed by atoms with E-state index < -0.39 is 17.1 Å². The molecule has 9 atom stereocenters. The molecule has 6 rings (SSSR count). The van der Waals surface area contributed by atoms with Gasteiger partial charge in [-0.2, -0.15) is 0 Å². The van der Waals surface area contributed by atoms with Crippen LogP contribution < -0.4 is 0 Å². The van der Waals surface area contributed by atoms with Crippen LogP contribution in [0.4, 0.5) is 4.79 Å². The highest BCUT2D eigenvalue weighted by Gasteiger charge is 2.71. The third-order valence-electron chi connectivity index (χ3n) is 12.2. The number of esters is 2. The second kappa shape index (κ2) is 10.0. The number of piperazine rings is 1. The van der Waals surface area contributed by atoms with Gasteiger partial charge < -0.3 is 29.1 Å². The van der Waals surface area contributed by atoms with E-state index in [4.69, 9.17) is 14.2 Å². The molecular formula is C31H46N2O7. The molecule has 9 heteroatoms. The minimum atomic E-state index is -0.994. The molecule has 0 aromatic rings. The average molecular weight is 559 g/mol. The summed E-state index contributed by atoms with van der Waals surface area (Å²) in [6.45, 7) is 9.37. The van der Waals surface area contributed by atoms with Crippen molar-refractivity contribution in [3.63, 3.8) is 0 Å². The average Bonchev–Trinajstić information content (AvgIpc) is 3.41. The summed E-state index contributed by atoms with van der Waals surface area (Å²) in [5, 5.41) is 12.7. The summed E-state index contributed by atoms with van der Waals surface area (Å²) in [7, 11) is 2.08. The molecule has 0 spiro atoms. The van der Waals surface area contributed by atoms with Crippen molar-refractivity contribution in [3.8, 4) is 0 Å². The van der Waals surface area contributed by atoms with Gasteiger partial charge in [-0.25, -0.2) is 9.59 Å². The Kier molecular flexibility index (Phi) is 7.00. The van der Waals surface area contributed by atoms with Gasteiger partial charge in [-0.05, 0) is 80.7 Å². The number of fused-ring (bicyclic) bond motifs is 5. The number of ether oxygens (including phenoxy) is 3. The zero-order valence-corrected chi connectivity index (χ0v) is 24.5. The molecule has 40 heavy (non-hydrogen) atoms. The molecule has 4 saturated carbocycles. The summed E-state index contributed by atoms with van der Waals surface area (Å²) >= 11 is 0. The first-order chi connectivity index (χ1) is 18.9. The number of rotatable bonds is 3. The van der Waals surface area contributed by atoms with Crippen molar-refractivity contribution in [2.24, 2.45) is 34.5 Å². The van der Waals surface area contributed by atoms with Crippen molar-refractivity contribution in [2.45, 2.75) is 89.9 Å². The van der Waals surface area contributed by atoms with Gasteiger partial charge in [0.25, 0.3) is 0 Å². The second-order valence-corrected chi connectivity index (χ2v) is 14.1. The van der Waals surface area contributed by atoms with Crippen LogP contribution in [0.15, 0.2) is 11.6 Å². The first kappa shape index (κ1) is 28.0. The quantitative estimate of drug-likeness (QED) is 0.414. The Morgan fingerprint density at radius 3 is 2.45 bits per heavy atom. The normalized spacial score (nSPS) is 45.1. The number of carbonyl (C=O) groups excluding carboxylic acids is 3. The van der Waals surface area contributed by atoms with Crippen LogP contribution in [-0.2, 0) is 23.8 Å². The maximum Gasteiger partial charge on any atom is 0.410 e. The van der Waals surface area contributed by atoms with E-state index in [0.717, 1.165) is 76.7 Å². The van der Waals surface area contributed by atoms with Gasteiger partial charge in [-0.3, -0.25) is 4.79 Å². The van der Waals surface area contributed by atoms with Gasteiger partial charge >= 0.3 is 18.0 Å². The second-order valence-electron chi connectivity index (χ2n) is 14.1. The highest BCUT2D eigenvalue weighted by atomic mass is 16.6. The van der Waals surface area contributed by atoms with Crippen LogP contribution in [0.3, 0.4) is 0 Å². The molecule has 4 aliphatic carbocycles. The Bertz CT molecular complexity index is 1090. The lowest BCUT2D eigenvalue weighted by atomic mass is 9.43. The van der Waals surface area contributed by atoms with E-state index in [0.29, 0.717) is 18.3 Å². The Balaban J connectivity index is 1.19. The molecule has 0 aromatic carbocycles. The SMILES string of the molecule is CC(=O)O[C@H]1C[C@]2(O)[C@@H]3CC[C@@H]4C[C@@H](OC(=O)N5CCN(C)CC5)CC[C@]4(C)[C@H]3CC[C@]2(C)[C@H]1C1=CC(=O)OC1. The van der Waals surface area contributed by atoms with E-state index in [2.05, 4.69) is 25.8 Å². The van der Waals surface area contributed by atoms with Gasteiger partial charge in [0.15, 0.2) is 0 Å². The number of nitrogens with zero attached hydrogens (tertiary/aromatic N) is 2. The highest BCUT2D eigenvalue weighted by Crippen LogP contribution is 2.70. The molecule has 2 aliphatic heterocycles. The third-order valence-corrected chi connectivity index (χ3v) is 12.2. The fraction of sp³-hybridized carbons (Fsp3) is 0.839. The lowest BCUT2D eigenvalue weighted by Crippen LogP contribution is -2.62. The van der Waals surface area contributed by atoms with Crippen LogP contribution >= 0.6 is 0 Å². The summed E-state index contributed by atoms with van der Waals surface area (Å²) in [6.07, 6.45) is 7.69. The minimum absolute atomic E-state index is 0.0465. The predicted octanol–water partition coefficient (Wildman–Crippen LogP) is 3.54. The van der Waals surface area contributed by atoms with Crippen LogP contribution in [0.1, 0.15) is 72.1 Å². The number of amides is 1. The Morgan fingerprint density at radius 1 is 1.02 bits per heavy atom. The maximum absolute atomic E-state index is 12.9. The van der Waals surface area contributed by atoms with Crippen molar-refractivity contribution >= 4 is 18.0 Å². The van der Waals surface area contributed by atoms with E-state index in [1.165, 1.54) is 6.92 Å². The molecule has 1 saturated heterocycles. The van der Waals surface area contributed by atoms with Gasteiger partial charge in [-0.15, -0.1) is 0 Å². The molecule has 2 heterocycles. The van der Waals surface area contributed by atoms with Crippen LogP contribution in [0.5, 0.6) is 0 Å². The molecule has 1 amide bonds. The van der Waals surface area contributed by atoms with Gasteiger partial charge in [0.05, 0.1) is 5.60 Å². The summed E-state index contributed by atoms with van der Waals surface area (Å²) in [6, 6.07) is 0. The fourth-order valence-corrected chi connectivity index (χ4v) is 10.1. The van der Waals surface area contributed by atoms with Gasteiger partial charge in [-0.1, -0.05) is 13.8 Å². The largest absolute Gasteiger partial charge is 0.462 e. The first-order valence-corrected chi connectivity index (χ1v) is 15.4. The molecule has 1 N–H and O–H groups in total. The Labute approximate surface area is 237 Å². The van der Waals surface area contributed by atoms with Crippen molar-refractivity contribution in [1.82, 2.24) is 9.80 Å². The van der Waals surface area contributed by atoms with Crippen molar-refractivity contribution in [1.29, 1.82) is 0 Å². The summed E-state index contributed by atoms with van der Waals surface area (Å²) in [4.78, 5) is 41.1. The topological polar surface area (TPSA) is 106 Å². The van der Waals surface area contributed by atoms with Crippen molar-refractivity contribution in [2.75, 3.05) is 39.8 Å². The zero-order chi connectivity index (χ0) is 28.4. The van der Waals surface area contributed by atoms with E-state index in [1.54, 1.807) is 6.08 Å². The minimum Gasteiger partial charge on any atom is -0.462 e. The Morgan fingerprint density at radius 2 is 1.77 bits per heavy atom. The molecule has 0 radical (unpaired) electrons. The summed E-state index contributed by atoms with van der Waals surface area (Å²) < 4.78 is 17.2. The smallest absolute Gasteiger partial charge is 0.410 e. The van der Waals surface area contributed by atoms with Gasteiger partial charge in [0.1, 0.15) is 18.8 Å². The number of hydrogen-bond acceptors (Lipinski definition) is 8. The molecule has 9 nitrogen and oxygen atoms in total. The molecular weight excluding hydrogens is 512 g/mol. The fourth-order valence-electron chi connectivity index (χ4n) is 10.1. The molecule has 0 unspecified atom stereocenters. The maximum atomic E-state index is 12.9. The number of carbonyl (C=O) groups is 3. The zero-order valence-electron chi connectivity index (χ0n) is 24.5. The van der Waals surface area contributed by atoms with Crippen LogP contribution in [0.2, 0.25) is 0 Å². The van der Waals surface area contributed by atoms with Gasteiger partial charge in [0.2, 0.25) is 0 Å². The van der Waals surface area contributed by atoms with E-state index in [9.17, 15) is 19.5 Å². The molecule has 0 aromatic heterocycles. The van der Waals surface area contributed by atoms with Crippen LogP contribution in [0, 0.1) is 34.5 Å². The highest BCUT2D eigenvalue weighted by molar-refractivity contribution is 5.85. The van der Waals surface area contributed by atoms with Crippen LogP contribution in [0.25, 0.3) is 0 Å². The Hall–Kier alpha value is -2.13. The summed E-state index contributed by atoms with van der Waals surface area (Å²) in [5.41, 5.74) is -0.591. The summed E-state index contributed by atoms with van der Waals surface area (Å²) in [5.74, 6) is -0.0509. The van der Waals surface area contributed by atoms with E-state index in [-0.39, 0.29) is 48.0 Å². The van der Waals surface area contributed by atoms with E-state index in [1.807, 2.05) is 4.90 Å². The number of hydrogen-bond donors (Lipinski definition) is 1. The van der Waals surface area contributed by atoms with Crippen molar-refractivity contribution in [3.05, 3.63) is 11.6 Å².